The number of benzene rings is 4. The van der Waals surface area contributed by atoms with Gasteiger partial charge >= 0.3 is 0 Å². The van der Waals surface area contributed by atoms with E-state index in [0.29, 0.717) is 27.6 Å². The predicted octanol–water partition coefficient (Wildman–Crippen LogP) is 8.09. The standard InChI is InChI=1S/C37H30ClNO3/c1-21(2)23-12-14-24(15-13-23)32-33(34(40)25-10-8-22(3)9-11-25)39-30-18-17-27(38)20-26(30)16-19-31(39)37(32)35(41)28-6-4-5-7-29(28)36(37)42/h4-21,31-33H,1-3H3/t31-,32+,33-/m0/s1. The summed E-state index contributed by atoms with van der Waals surface area (Å²) in [5, 5.41) is 0.577. The smallest absolute Gasteiger partial charge is 0.185 e. The topological polar surface area (TPSA) is 54.5 Å². The van der Waals surface area contributed by atoms with E-state index in [1.54, 1.807) is 30.3 Å². The van der Waals surface area contributed by atoms with Gasteiger partial charge in [-0.3, -0.25) is 14.4 Å². The number of fused-ring (bicyclic) bond motifs is 5. The minimum Gasteiger partial charge on any atom is -0.352 e. The number of ketones is 3. The Morgan fingerprint density at radius 2 is 1.50 bits per heavy atom. The van der Waals surface area contributed by atoms with Gasteiger partial charge in [0.2, 0.25) is 0 Å². The van der Waals surface area contributed by atoms with Crippen LogP contribution >= 0.6 is 11.6 Å². The number of Topliss-reactive ketones (excluding diaryl/α,β-unsaturated/α-hetero) is 3. The second-order valence-electron chi connectivity index (χ2n) is 12.0. The highest BCUT2D eigenvalue weighted by atomic mass is 35.5. The van der Waals surface area contributed by atoms with Gasteiger partial charge in [0.15, 0.2) is 17.3 Å². The Morgan fingerprint density at radius 1 is 0.857 bits per heavy atom. The zero-order chi connectivity index (χ0) is 29.3. The molecule has 0 unspecified atom stereocenters. The zero-order valence-corrected chi connectivity index (χ0v) is 24.4. The van der Waals surface area contributed by atoms with Crippen LogP contribution in [0.4, 0.5) is 5.69 Å². The molecule has 0 radical (unpaired) electrons. The van der Waals surface area contributed by atoms with E-state index in [-0.39, 0.29) is 17.3 Å². The highest BCUT2D eigenvalue weighted by molar-refractivity contribution is 6.32. The van der Waals surface area contributed by atoms with Gasteiger partial charge in [0.05, 0.1) is 6.04 Å². The van der Waals surface area contributed by atoms with Crippen LogP contribution in [0.1, 0.15) is 79.0 Å². The fraction of sp³-hybridized carbons (Fsp3) is 0.216. The van der Waals surface area contributed by atoms with Crippen molar-refractivity contribution >= 4 is 40.7 Å². The van der Waals surface area contributed by atoms with Gasteiger partial charge in [0, 0.05) is 33.3 Å². The molecule has 0 aromatic heterocycles. The SMILES string of the molecule is Cc1ccc(C(=O)[C@@H]2[C@@H](c3ccc(C(C)C)cc3)C3(C(=O)c4ccccc4C3=O)[C@@H]3C=Cc4cc(Cl)ccc4N23)cc1. The van der Waals surface area contributed by atoms with Crippen molar-refractivity contribution in [1.82, 2.24) is 0 Å². The van der Waals surface area contributed by atoms with Crippen molar-refractivity contribution in [1.29, 1.82) is 0 Å². The van der Waals surface area contributed by atoms with Gasteiger partial charge < -0.3 is 4.90 Å². The van der Waals surface area contributed by atoms with E-state index in [2.05, 4.69) is 26.0 Å². The highest BCUT2D eigenvalue weighted by Gasteiger charge is 2.71. The molecule has 0 N–H and O–H groups in total. The van der Waals surface area contributed by atoms with Crippen molar-refractivity contribution < 1.29 is 14.4 Å². The van der Waals surface area contributed by atoms with Gasteiger partial charge in [-0.25, -0.2) is 0 Å². The summed E-state index contributed by atoms with van der Waals surface area (Å²) in [5.41, 5.74) is 4.51. The Labute approximate surface area is 250 Å². The molecule has 0 amide bonds. The molecular weight excluding hydrogens is 542 g/mol. The largest absolute Gasteiger partial charge is 0.352 e. The zero-order valence-electron chi connectivity index (χ0n) is 23.7. The van der Waals surface area contributed by atoms with Crippen LogP contribution in [-0.4, -0.2) is 29.4 Å². The second kappa shape index (κ2) is 9.64. The maximum atomic E-state index is 14.8. The predicted molar refractivity (Wildman–Crippen MR) is 167 cm³/mol. The summed E-state index contributed by atoms with van der Waals surface area (Å²) in [6, 6.07) is 26.8. The molecule has 3 aliphatic rings. The molecule has 42 heavy (non-hydrogen) atoms. The lowest BCUT2D eigenvalue weighted by Gasteiger charge is -2.37. The molecule has 7 rings (SSSR count). The Morgan fingerprint density at radius 3 is 2.12 bits per heavy atom. The Kier molecular flexibility index (Phi) is 6.11. The Hall–Kier alpha value is -4.28. The number of hydrogen-bond donors (Lipinski definition) is 0. The molecule has 5 heteroatoms. The van der Waals surface area contributed by atoms with Crippen LogP contribution in [0.15, 0.2) is 97.1 Å². The van der Waals surface area contributed by atoms with Gasteiger partial charge in [-0.2, -0.15) is 0 Å². The summed E-state index contributed by atoms with van der Waals surface area (Å²) in [4.78, 5) is 46.3. The van der Waals surface area contributed by atoms with E-state index >= 15 is 0 Å². The van der Waals surface area contributed by atoms with Crippen molar-refractivity contribution in [3.8, 4) is 0 Å². The molecule has 2 aliphatic heterocycles. The first-order valence-electron chi connectivity index (χ1n) is 14.4. The number of carbonyl (C=O) groups is 3. The maximum absolute atomic E-state index is 14.8. The monoisotopic (exact) mass is 571 g/mol. The lowest BCUT2D eigenvalue weighted by Crippen LogP contribution is -2.48. The summed E-state index contributed by atoms with van der Waals surface area (Å²) in [5.74, 6) is -0.986. The molecule has 1 aliphatic carbocycles. The molecule has 1 saturated heterocycles. The van der Waals surface area contributed by atoms with E-state index in [0.717, 1.165) is 27.9 Å². The van der Waals surface area contributed by atoms with Crippen LogP contribution in [0.5, 0.6) is 0 Å². The first kappa shape index (κ1) is 26.6. The average Bonchev–Trinajstić information content (AvgIpc) is 3.43. The summed E-state index contributed by atoms with van der Waals surface area (Å²) in [6.07, 6.45) is 3.86. The van der Waals surface area contributed by atoms with E-state index in [9.17, 15) is 14.4 Å². The van der Waals surface area contributed by atoms with E-state index in [4.69, 9.17) is 11.6 Å². The van der Waals surface area contributed by atoms with Crippen LogP contribution in [0.2, 0.25) is 5.02 Å². The minimum atomic E-state index is -1.51. The van der Waals surface area contributed by atoms with Gasteiger partial charge in [-0.15, -0.1) is 0 Å². The number of hydrogen-bond acceptors (Lipinski definition) is 4. The molecule has 4 nitrogen and oxygen atoms in total. The highest BCUT2D eigenvalue weighted by Crippen LogP contribution is 2.61. The van der Waals surface area contributed by atoms with Gasteiger partial charge in [0.1, 0.15) is 11.5 Å². The lowest BCUT2D eigenvalue weighted by molar-refractivity contribution is 0.0666. The number of carbonyl (C=O) groups excluding carboxylic acids is 3. The fourth-order valence-electron chi connectivity index (χ4n) is 7.30. The summed E-state index contributed by atoms with van der Waals surface area (Å²) < 4.78 is 0. The maximum Gasteiger partial charge on any atom is 0.185 e. The number of nitrogens with zero attached hydrogens (tertiary/aromatic N) is 1. The third kappa shape index (κ3) is 3.64. The van der Waals surface area contributed by atoms with Crippen LogP contribution in [0, 0.1) is 12.3 Å². The Bertz CT molecular complexity index is 1770. The second-order valence-corrected chi connectivity index (χ2v) is 12.4. The number of anilines is 1. The summed E-state index contributed by atoms with van der Waals surface area (Å²) in [7, 11) is 0. The number of halogens is 1. The molecule has 1 spiro atoms. The van der Waals surface area contributed by atoms with E-state index in [1.165, 1.54) is 0 Å². The average molecular weight is 572 g/mol. The molecule has 3 atom stereocenters. The first-order chi connectivity index (χ1) is 20.2. The minimum absolute atomic E-state index is 0.123. The van der Waals surface area contributed by atoms with Crippen molar-refractivity contribution in [3.05, 3.63) is 141 Å². The van der Waals surface area contributed by atoms with Crippen molar-refractivity contribution in [2.45, 2.75) is 44.7 Å². The molecule has 4 aromatic carbocycles. The quantitative estimate of drug-likeness (QED) is 0.183. The number of rotatable bonds is 4. The van der Waals surface area contributed by atoms with Crippen molar-refractivity contribution in [3.63, 3.8) is 0 Å². The third-order valence-corrected chi connectivity index (χ3v) is 9.57. The summed E-state index contributed by atoms with van der Waals surface area (Å²) >= 11 is 6.39. The van der Waals surface area contributed by atoms with Crippen LogP contribution in [0.25, 0.3) is 6.08 Å². The molecule has 0 bridgehead atoms. The van der Waals surface area contributed by atoms with E-state index in [1.807, 2.05) is 72.5 Å². The van der Waals surface area contributed by atoms with Gasteiger partial charge in [-0.1, -0.05) is 116 Å². The lowest BCUT2D eigenvalue weighted by atomic mass is 9.64. The van der Waals surface area contributed by atoms with E-state index < -0.39 is 23.4 Å². The van der Waals surface area contributed by atoms with Crippen molar-refractivity contribution in [2.75, 3.05) is 4.90 Å². The molecule has 0 saturated carbocycles. The van der Waals surface area contributed by atoms with Gasteiger partial charge in [0.25, 0.3) is 0 Å². The molecule has 4 aromatic rings. The van der Waals surface area contributed by atoms with Crippen LogP contribution in [-0.2, 0) is 0 Å². The first-order valence-corrected chi connectivity index (χ1v) is 14.8. The van der Waals surface area contributed by atoms with Crippen molar-refractivity contribution in [2.24, 2.45) is 5.41 Å². The number of aryl methyl sites for hydroxylation is 1. The third-order valence-electron chi connectivity index (χ3n) is 9.33. The molecule has 208 valence electrons. The molecule has 2 heterocycles. The Balaban J connectivity index is 1.53. The van der Waals surface area contributed by atoms with Gasteiger partial charge in [-0.05, 0) is 47.7 Å². The normalized spacial score (nSPS) is 21.5. The van der Waals surface area contributed by atoms with Crippen LogP contribution in [0.3, 0.4) is 0 Å². The molecule has 1 fully saturated rings. The van der Waals surface area contributed by atoms with Crippen LogP contribution < -0.4 is 4.90 Å². The summed E-state index contributed by atoms with van der Waals surface area (Å²) in [6.45, 7) is 6.24. The molecular formula is C37H30ClNO3. The fourth-order valence-corrected chi connectivity index (χ4v) is 7.48.